The summed E-state index contributed by atoms with van der Waals surface area (Å²) in [5, 5.41) is 7.92. The molecule has 2 aliphatic rings. The highest BCUT2D eigenvalue weighted by Gasteiger charge is 2.54. The van der Waals surface area contributed by atoms with Crippen LogP contribution in [0, 0.1) is 5.92 Å². The van der Waals surface area contributed by atoms with Gasteiger partial charge in [0.25, 0.3) is 5.91 Å². The minimum Gasteiger partial charge on any atom is -0.323 e. The van der Waals surface area contributed by atoms with E-state index in [1.807, 2.05) is 83.5 Å². The fraction of sp³-hybridized carbons (Fsp3) is 0.370. The van der Waals surface area contributed by atoms with Gasteiger partial charge >= 0.3 is 6.03 Å². The average Bonchev–Trinajstić information content (AvgIpc) is 3.37. The first-order valence-corrected chi connectivity index (χ1v) is 12.0. The molecule has 1 N–H and O–H groups in total. The molecule has 0 radical (unpaired) electrons. The maximum atomic E-state index is 13.4. The summed E-state index contributed by atoms with van der Waals surface area (Å²) in [7, 11) is 1.94. The van der Waals surface area contributed by atoms with E-state index in [4.69, 9.17) is 5.10 Å². The number of imide groups is 1. The van der Waals surface area contributed by atoms with Crippen molar-refractivity contribution in [3.05, 3.63) is 72.4 Å². The van der Waals surface area contributed by atoms with Gasteiger partial charge in [-0.1, -0.05) is 68.3 Å². The first kappa shape index (κ1) is 22.3. The SMILES string of the molecule is C[C@@H]1CCCC[C@]12NC(=O)N(CN(C)Cc1cn(-c3ccccc3)nc1-c1ccccc1)C2=O. The van der Waals surface area contributed by atoms with Crippen molar-refractivity contribution < 1.29 is 9.59 Å². The zero-order valence-corrected chi connectivity index (χ0v) is 19.8. The summed E-state index contributed by atoms with van der Waals surface area (Å²) in [6.45, 7) is 2.87. The summed E-state index contributed by atoms with van der Waals surface area (Å²) >= 11 is 0. The molecule has 1 spiro atoms. The van der Waals surface area contributed by atoms with Gasteiger partial charge in [0.05, 0.1) is 18.1 Å². The van der Waals surface area contributed by atoms with E-state index >= 15 is 0 Å². The molecule has 1 saturated heterocycles. The molecule has 2 fully saturated rings. The molecule has 2 atom stereocenters. The summed E-state index contributed by atoms with van der Waals surface area (Å²) in [5.41, 5.74) is 3.21. The summed E-state index contributed by atoms with van der Waals surface area (Å²) in [6, 6.07) is 19.8. The van der Waals surface area contributed by atoms with Crippen LogP contribution in [0.4, 0.5) is 4.79 Å². The molecule has 2 heterocycles. The fourth-order valence-corrected chi connectivity index (χ4v) is 5.28. The Kier molecular flexibility index (Phi) is 5.96. The highest BCUT2D eigenvalue weighted by Crippen LogP contribution is 2.38. The van der Waals surface area contributed by atoms with E-state index in [1.165, 1.54) is 4.90 Å². The van der Waals surface area contributed by atoms with Gasteiger partial charge < -0.3 is 5.32 Å². The van der Waals surface area contributed by atoms with Gasteiger partial charge in [-0.15, -0.1) is 0 Å². The van der Waals surface area contributed by atoms with Gasteiger partial charge in [0.2, 0.25) is 0 Å². The lowest BCUT2D eigenvalue weighted by Crippen LogP contribution is -2.54. The van der Waals surface area contributed by atoms with Crippen LogP contribution in [0.1, 0.15) is 38.2 Å². The highest BCUT2D eigenvalue weighted by molar-refractivity contribution is 6.07. The molecule has 1 aromatic heterocycles. The second-order valence-electron chi connectivity index (χ2n) is 9.59. The van der Waals surface area contributed by atoms with Crippen molar-refractivity contribution in [1.29, 1.82) is 0 Å². The van der Waals surface area contributed by atoms with Crippen LogP contribution in [-0.4, -0.2) is 50.8 Å². The number of hydrogen-bond acceptors (Lipinski definition) is 4. The van der Waals surface area contributed by atoms with Gasteiger partial charge in [0.1, 0.15) is 5.54 Å². The molecule has 7 nitrogen and oxygen atoms in total. The van der Waals surface area contributed by atoms with E-state index in [2.05, 4.69) is 12.2 Å². The molecule has 0 unspecified atom stereocenters. The molecule has 1 aliphatic heterocycles. The number of rotatable bonds is 6. The molecule has 1 saturated carbocycles. The quantitative estimate of drug-likeness (QED) is 0.556. The van der Waals surface area contributed by atoms with Gasteiger partial charge in [-0.05, 0) is 37.9 Å². The van der Waals surface area contributed by atoms with Gasteiger partial charge in [0.15, 0.2) is 0 Å². The molecule has 7 heteroatoms. The van der Waals surface area contributed by atoms with Gasteiger partial charge in [0, 0.05) is 23.9 Å². The van der Waals surface area contributed by atoms with Crippen molar-refractivity contribution in [3.8, 4) is 16.9 Å². The maximum absolute atomic E-state index is 13.4. The van der Waals surface area contributed by atoms with Gasteiger partial charge in [-0.3, -0.25) is 9.69 Å². The Balaban J connectivity index is 1.38. The van der Waals surface area contributed by atoms with Crippen LogP contribution in [0.5, 0.6) is 0 Å². The number of nitrogens with one attached hydrogen (secondary N) is 1. The summed E-state index contributed by atoms with van der Waals surface area (Å²) in [5.74, 6) is 0.0709. The van der Waals surface area contributed by atoms with Crippen molar-refractivity contribution in [2.24, 2.45) is 5.92 Å². The minimum absolute atomic E-state index is 0.0835. The van der Waals surface area contributed by atoms with Crippen molar-refractivity contribution in [2.75, 3.05) is 13.7 Å². The fourth-order valence-electron chi connectivity index (χ4n) is 5.28. The smallest absolute Gasteiger partial charge is 0.323 e. The van der Waals surface area contributed by atoms with E-state index in [0.717, 1.165) is 48.2 Å². The van der Waals surface area contributed by atoms with Crippen LogP contribution in [0.2, 0.25) is 0 Å². The zero-order valence-electron chi connectivity index (χ0n) is 19.8. The third-order valence-electron chi connectivity index (χ3n) is 7.18. The van der Waals surface area contributed by atoms with Crippen molar-refractivity contribution in [3.63, 3.8) is 0 Å². The standard InChI is InChI=1S/C27H31N5O2/c1-20-11-9-10-16-27(20)25(33)31(26(34)28-27)19-30(2)17-22-18-32(23-14-7-4-8-15-23)29-24(22)21-12-5-3-6-13-21/h3-8,12-15,18,20H,9-11,16-17,19H2,1-2H3,(H,28,34)/t20-,27+/m1/s1. The molecule has 3 amide bonds. The number of amides is 3. The van der Waals surface area contributed by atoms with Crippen molar-refractivity contribution >= 4 is 11.9 Å². The van der Waals surface area contributed by atoms with Crippen LogP contribution in [0.25, 0.3) is 16.9 Å². The average molecular weight is 458 g/mol. The largest absolute Gasteiger partial charge is 0.326 e. The van der Waals surface area contributed by atoms with Crippen LogP contribution >= 0.6 is 0 Å². The molecule has 5 rings (SSSR count). The number of aromatic nitrogens is 2. The summed E-state index contributed by atoms with van der Waals surface area (Å²) < 4.78 is 1.89. The van der Waals surface area contributed by atoms with Crippen LogP contribution < -0.4 is 5.32 Å². The molecule has 0 bridgehead atoms. The Hall–Kier alpha value is -3.45. The van der Waals surface area contributed by atoms with Crippen LogP contribution in [0.15, 0.2) is 66.9 Å². The monoisotopic (exact) mass is 457 g/mol. The second kappa shape index (κ2) is 9.06. The van der Waals surface area contributed by atoms with E-state index in [0.29, 0.717) is 6.54 Å². The molecule has 176 valence electrons. The Labute approximate surface area is 200 Å². The first-order chi connectivity index (χ1) is 16.5. The maximum Gasteiger partial charge on any atom is 0.326 e. The number of benzene rings is 2. The second-order valence-corrected chi connectivity index (χ2v) is 9.59. The summed E-state index contributed by atoms with van der Waals surface area (Å²) in [4.78, 5) is 29.6. The number of urea groups is 1. The van der Waals surface area contributed by atoms with Crippen molar-refractivity contribution in [1.82, 2.24) is 24.9 Å². The predicted octanol–water partition coefficient (Wildman–Crippen LogP) is 4.43. The zero-order chi connectivity index (χ0) is 23.7. The molecule has 3 aromatic rings. The Bertz CT molecular complexity index is 1180. The summed E-state index contributed by atoms with van der Waals surface area (Å²) in [6.07, 6.45) is 5.80. The Morgan fingerprint density at radius 2 is 1.76 bits per heavy atom. The minimum atomic E-state index is -0.733. The number of carbonyl (C=O) groups excluding carboxylic acids is 2. The number of carbonyl (C=O) groups is 2. The third kappa shape index (κ3) is 4.01. The predicted molar refractivity (Wildman–Crippen MR) is 131 cm³/mol. The molecule has 2 aromatic carbocycles. The molecular weight excluding hydrogens is 426 g/mol. The number of para-hydroxylation sites is 1. The number of hydrogen-bond donors (Lipinski definition) is 1. The normalized spacial score (nSPS) is 22.6. The van der Waals surface area contributed by atoms with E-state index in [9.17, 15) is 9.59 Å². The topological polar surface area (TPSA) is 70.5 Å². The van der Waals surface area contributed by atoms with Crippen LogP contribution in [0.3, 0.4) is 0 Å². The van der Waals surface area contributed by atoms with Gasteiger partial charge in [-0.2, -0.15) is 5.10 Å². The van der Waals surface area contributed by atoms with E-state index in [1.54, 1.807) is 0 Å². The van der Waals surface area contributed by atoms with Crippen molar-refractivity contribution in [2.45, 2.75) is 44.7 Å². The van der Waals surface area contributed by atoms with Gasteiger partial charge in [-0.25, -0.2) is 14.4 Å². The first-order valence-electron chi connectivity index (χ1n) is 12.0. The lowest BCUT2D eigenvalue weighted by atomic mass is 9.73. The van der Waals surface area contributed by atoms with Crippen LogP contribution in [-0.2, 0) is 11.3 Å². The van der Waals surface area contributed by atoms with E-state index < -0.39 is 5.54 Å². The number of nitrogens with zero attached hydrogens (tertiary/aromatic N) is 4. The third-order valence-corrected chi connectivity index (χ3v) is 7.18. The molecule has 34 heavy (non-hydrogen) atoms. The highest BCUT2D eigenvalue weighted by atomic mass is 16.2. The Morgan fingerprint density at radius 1 is 1.06 bits per heavy atom. The molecular formula is C27H31N5O2. The van der Waals surface area contributed by atoms with E-state index in [-0.39, 0.29) is 24.5 Å². The Morgan fingerprint density at radius 3 is 2.47 bits per heavy atom. The lowest BCUT2D eigenvalue weighted by Gasteiger charge is -2.37. The molecule has 1 aliphatic carbocycles. The lowest BCUT2D eigenvalue weighted by molar-refractivity contribution is -0.135.